The van der Waals surface area contributed by atoms with Crippen molar-refractivity contribution in [2.45, 2.75) is 58.3 Å². The van der Waals surface area contributed by atoms with Crippen LogP contribution in [-0.2, 0) is 15.7 Å². The van der Waals surface area contributed by atoms with E-state index in [4.69, 9.17) is 14.0 Å². The molecule has 0 radical (unpaired) electrons. The van der Waals surface area contributed by atoms with Crippen molar-refractivity contribution >= 4 is 13.2 Å². The van der Waals surface area contributed by atoms with Gasteiger partial charge in [0.25, 0.3) is 0 Å². The molecule has 1 saturated heterocycles. The lowest BCUT2D eigenvalue weighted by atomic mass is 9.84. The van der Waals surface area contributed by atoms with E-state index in [1.807, 2.05) is 65.0 Å². The molecule has 2 heterocycles. The summed E-state index contributed by atoms with van der Waals surface area (Å²) in [5.41, 5.74) is 0.0946. The average Bonchev–Trinajstić information content (AvgIpc) is 2.83. The minimum atomic E-state index is -0.831. The first-order chi connectivity index (χ1) is 13.2. The van der Waals surface area contributed by atoms with Crippen LogP contribution in [0.5, 0.6) is 5.75 Å². The maximum absolute atomic E-state index is 12.4. The first-order valence-corrected chi connectivity index (χ1v) is 9.52. The van der Waals surface area contributed by atoms with Gasteiger partial charge in [0.1, 0.15) is 5.75 Å². The van der Waals surface area contributed by atoms with Crippen LogP contribution in [0.3, 0.4) is 0 Å². The van der Waals surface area contributed by atoms with Gasteiger partial charge in [-0.25, -0.2) is 0 Å². The van der Waals surface area contributed by atoms with Gasteiger partial charge < -0.3 is 19.3 Å². The van der Waals surface area contributed by atoms with Gasteiger partial charge in [0.05, 0.1) is 17.3 Å². The molecule has 0 aliphatic carbocycles. The van der Waals surface area contributed by atoms with E-state index >= 15 is 0 Å². The summed E-state index contributed by atoms with van der Waals surface area (Å²) in [6.45, 7) is 9.85. The summed E-state index contributed by atoms with van der Waals surface area (Å²) in [7, 11) is -0.831. The second kappa shape index (κ2) is 7.93. The third kappa shape index (κ3) is 4.54. The van der Waals surface area contributed by atoms with E-state index in [0.717, 1.165) is 11.4 Å². The second-order valence-corrected chi connectivity index (χ2v) is 7.97. The van der Waals surface area contributed by atoms with Gasteiger partial charge in [-0.3, -0.25) is 9.78 Å². The van der Waals surface area contributed by atoms with E-state index in [1.54, 1.807) is 18.3 Å². The largest absolute Gasteiger partial charge is 0.594 e. The first kappa shape index (κ1) is 20.4. The molecule has 0 spiro atoms. The maximum Gasteiger partial charge on any atom is 0.594 e. The lowest BCUT2D eigenvalue weighted by Gasteiger charge is -2.36. The van der Waals surface area contributed by atoms with Gasteiger partial charge in [0, 0.05) is 29.9 Å². The first-order valence-electron chi connectivity index (χ1n) is 9.52. The zero-order valence-corrected chi connectivity index (χ0v) is 17.1. The zero-order valence-electron chi connectivity index (χ0n) is 17.1. The molecule has 1 unspecified atom stereocenters. The third-order valence-corrected chi connectivity index (χ3v) is 5.01. The number of ether oxygens (including phenoxy) is 1. The predicted molar refractivity (Wildman–Crippen MR) is 108 cm³/mol. The van der Waals surface area contributed by atoms with Gasteiger partial charge in [-0.1, -0.05) is 18.2 Å². The van der Waals surface area contributed by atoms with Crippen molar-refractivity contribution in [1.29, 1.82) is 0 Å². The summed E-state index contributed by atoms with van der Waals surface area (Å²) in [6.07, 6.45) is 2.34. The summed E-state index contributed by atoms with van der Waals surface area (Å²) in [6, 6.07) is 12.8. The average molecular weight is 382 g/mol. The van der Waals surface area contributed by atoms with Gasteiger partial charge in [0.15, 0.2) is 0 Å². The Morgan fingerprint density at radius 1 is 1.18 bits per heavy atom. The Balaban J connectivity index is 1.71. The highest BCUT2D eigenvalue weighted by Crippen LogP contribution is 2.39. The molecule has 1 fully saturated rings. The number of rotatable bonds is 6. The maximum atomic E-state index is 12.4. The van der Waals surface area contributed by atoms with E-state index < -0.39 is 18.5 Å². The molecule has 7 heteroatoms. The number of hydrogen-bond donors (Lipinski definition) is 1. The summed E-state index contributed by atoms with van der Waals surface area (Å²) in [5.74, 6) is 0.533. The topological polar surface area (TPSA) is 69.7 Å². The Hall–Kier alpha value is -2.38. The Morgan fingerprint density at radius 3 is 2.57 bits per heavy atom. The van der Waals surface area contributed by atoms with Crippen LogP contribution in [-0.4, -0.2) is 35.5 Å². The van der Waals surface area contributed by atoms with Crippen molar-refractivity contribution in [2.75, 3.05) is 0 Å². The summed E-state index contributed by atoms with van der Waals surface area (Å²) in [5, 5.41) is 2.80. The van der Waals surface area contributed by atoms with E-state index in [-0.39, 0.29) is 12.0 Å². The molecular weight excluding hydrogens is 355 g/mol. The predicted octanol–water partition coefficient (Wildman–Crippen LogP) is 3.41. The quantitative estimate of drug-likeness (QED) is 0.776. The molecule has 148 valence electrons. The fourth-order valence-electron chi connectivity index (χ4n) is 3.13. The van der Waals surface area contributed by atoms with Crippen LogP contribution < -0.4 is 9.96 Å². The van der Waals surface area contributed by atoms with Crippen LogP contribution in [0.2, 0.25) is 0 Å². The van der Waals surface area contributed by atoms with Crippen molar-refractivity contribution in [3.8, 4) is 5.75 Å². The number of carbonyl (C=O) groups excluding carboxylic acids is 1. The summed E-state index contributed by atoms with van der Waals surface area (Å²) >= 11 is 0. The van der Waals surface area contributed by atoms with E-state index in [1.165, 1.54) is 0 Å². The van der Waals surface area contributed by atoms with E-state index in [2.05, 4.69) is 10.2 Å². The number of carbonyl (C=O) groups is 1. The van der Waals surface area contributed by atoms with Crippen LogP contribution in [0.25, 0.3) is 0 Å². The molecular formula is C21H27BN2O4. The molecule has 0 saturated carbocycles. The van der Waals surface area contributed by atoms with Crippen molar-refractivity contribution in [2.24, 2.45) is 0 Å². The Kier molecular flexibility index (Phi) is 5.77. The van der Waals surface area contributed by atoms with Gasteiger partial charge in [-0.05, 0) is 52.8 Å². The molecule has 1 amide bonds. The fourth-order valence-corrected chi connectivity index (χ4v) is 3.13. The highest BCUT2D eigenvalue weighted by Gasteiger charge is 2.55. The highest BCUT2D eigenvalue weighted by atomic mass is 16.7. The minimum Gasteiger partial charge on any atom is -0.491 e. The van der Waals surface area contributed by atoms with Gasteiger partial charge in [-0.15, -0.1) is 0 Å². The SMILES string of the molecule is CC(C)Oc1ccnc(CC2(C)OB(NC(=O)c3ccccc3)OC2(C)C)c1. The number of benzene rings is 1. The Morgan fingerprint density at radius 2 is 1.89 bits per heavy atom. The molecule has 2 aromatic rings. The smallest absolute Gasteiger partial charge is 0.491 e. The van der Waals surface area contributed by atoms with Crippen LogP contribution in [0.15, 0.2) is 48.7 Å². The molecule has 1 N–H and O–H groups in total. The molecule has 1 aromatic heterocycles. The van der Waals surface area contributed by atoms with E-state index in [9.17, 15) is 4.79 Å². The number of hydrogen-bond acceptors (Lipinski definition) is 5. The van der Waals surface area contributed by atoms with Crippen LogP contribution in [0.1, 0.15) is 50.7 Å². The molecule has 0 bridgehead atoms. The number of aromatic nitrogens is 1. The van der Waals surface area contributed by atoms with Crippen molar-refractivity contribution in [1.82, 2.24) is 10.2 Å². The molecule has 1 aliphatic rings. The van der Waals surface area contributed by atoms with Crippen molar-refractivity contribution in [3.05, 3.63) is 59.9 Å². The number of nitrogens with zero attached hydrogens (tertiary/aromatic N) is 1. The fraction of sp³-hybridized carbons (Fsp3) is 0.429. The van der Waals surface area contributed by atoms with Crippen molar-refractivity contribution in [3.63, 3.8) is 0 Å². The molecule has 1 aliphatic heterocycles. The van der Waals surface area contributed by atoms with Crippen LogP contribution >= 0.6 is 0 Å². The minimum absolute atomic E-state index is 0.0888. The standard InChI is InChI=1S/C21H27BN2O4/c1-15(2)26-18-11-12-23-17(13-18)14-21(5)20(3,4)27-22(28-21)24-19(25)16-9-7-6-8-10-16/h6-13,15H,14H2,1-5H3,(H,24,25). The second-order valence-electron chi connectivity index (χ2n) is 7.97. The highest BCUT2D eigenvalue weighted by molar-refractivity contribution is 6.47. The monoisotopic (exact) mass is 382 g/mol. The van der Waals surface area contributed by atoms with Crippen LogP contribution in [0.4, 0.5) is 0 Å². The molecule has 1 aromatic carbocycles. The molecule has 3 rings (SSSR count). The van der Waals surface area contributed by atoms with Crippen LogP contribution in [0, 0.1) is 0 Å². The number of nitrogens with one attached hydrogen (secondary N) is 1. The Labute approximate surface area is 166 Å². The number of amides is 1. The van der Waals surface area contributed by atoms with Gasteiger partial charge in [-0.2, -0.15) is 0 Å². The molecule has 28 heavy (non-hydrogen) atoms. The Bertz CT molecular complexity index is 828. The summed E-state index contributed by atoms with van der Waals surface area (Å²) < 4.78 is 17.9. The normalized spacial score (nSPS) is 21.0. The lowest BCUT2D eigenvalue weighted by Crippen LogP contribution is -2.46. The third-order valence-electron chi connectivity index (χ3n) is 5.01. The molecule has 6 nitrogen and oxygen atoms in total. The molecule has 1 atom stereocenters. The zero-order chi connectivity index (χ0) is 20.4. The van der Waals surface area contributed by atoms with Crippen molar-refractivity contribution < 1.29 is 18.8 Å². The summed E-state index contributed by atoms with van der Waals surface area (Å²) in [4.78, 5) is 16.9. The number of pyridine rings is 1. The lowest BCUT2D eigenvalue weighted by molar-refractivity contribution is -0.00949. The van der Waals surface area contributed by atoms with Gasteiger partial charge >= 0.3 is 7.25 Å². The van der Waals surface area contributed by atoms with E-state index in [0.29, 0.717) is 12.0 Å². The van der Waals surface area contributed by atoms with Gasteiger partial charge in [0.2, 0.25) is 5.91 Å².